The Morgan fingerprint density at radius 2 is 1.94 bits per heavy atom. The predicted molar refractivity (Wildman–Crippen MR) is 68.4 cm³/mol. The lowest BCUT2D eigenvalue weighted by Crippen LogP contribution is -2.08. The summed E-state index contributed by atoms with van der Waals surface area (Å²) in [5, 5.41) is 3.20. The number of aryl methyl sites for hydroxylation is 1. The lowest BCUT2D eigenvalue weighted by molar-refractivity contribution is 0.981. The summed E-state index contributed by atoms with van der Waals surface area (Å²) >= 11 is 0. The molecule has 0 aliphatic heterocycles. The third kappa shape index (κ3) is 3.01. The maximum absolute atomic E-state index is 5.68. The monoisotopic (exact) mass is 228 g/mol. The number of hydrogen-bond donors (Lipinski definition) is 2. The van der Waals surface area contributed by atoms with Crippen LogP contribution in [0.1, 0.15) is 16.8 Å². The van der Waals surface area contributed by atoms with Gasteiger partial charge >= 0.3 is 0 Å². The number of rotatable bonds is 4. The van der Waals surface area contributed by atoms with E-state index in [-0.39, 0.29) is 0 Å². The van der Waals surface area contributed by atoms with Gasteiger partial charge in [0.15, 0.2) is 0 Å². The predicted octanol–water partition coefficient (Wildman–Crippen LogP) is 1.86. The van der Waals surface area contributed by atoms with Crippen molar-refractivity contribution in [1.82, 2.24) is 9.97 Å². The standard InChI is InChI=1S/C13H16N4/c1-10-6-7-15-13(17-10)16-9-12-5-3-2-4-11(12)8-14/h2-7H,8-9,14H2,1H3,(H,15,16,17). The van der Waals surface area contributed by atoms with Crippen LogP contribution >= 0.6 is 0 Å². The van der Waals surface area contributed by atoms with Gasteiger partial charge in [0, 0.05) is 25.0 Å². The summed E-state index contributed by atoms with van der Waals surface area (Å²) in [6.45, 7) is 3.18. The average molecular weight is 228 g/mol. The van der Waals surface area contributed by atoms with Gasteiger partial charge in [0.1, 0.15) is 0 Å². The second kappa shape index (κ2) is 5.41. The number of nitrogens with one attached hydrogen (secondary N) is 1. The molecule has 4 nitrogen and oxygen atoms in total. The minimum atomic E-state index is 0.548. The van der Waals surface area contributed by atoms with Gasteiger partial charge in [0.05, 0.1) is 0 Å². The van der Waals surface area contributed by atoms with E-state index in [2.05, 4.69) is 21.4 Å². The number of benzene rings is 1. The Morgan fingerprint density at radius 1 is 1.18 bits per heavy atom. The lowest BCUT2D eigenvalue weighted by atomic mass is 10.1. The van der Waals surface area contributed by atoms with Crippen molar-refractivity contribution in [2.24, 2.45) is 5.73 Å². The molecular formula is C13H16N4. The molecule has 0 aliphatic carbocycles. The Morgan fingerprint density at radius 3 is 2.65 bits per heavy atom. The van der Waals surface area contributed by atoms with E-state index < -0.39 is 0 Å². The maximum Gasteiger partial charge on any atom is 0.223 e. The van der Waals surface area contributed by atoms with Gasteiger partial charge in [-0.15, -0.1) is 0 Å². The number of hydrogen-bond acceptors (Lipinski definition) is 4. The lowest BCUT2D eigenvalue weighted by Gasteiger charge is -2.09. The molecule has 3 N–H and O–H groups in total. The first-order valence-electron chi connectivity index (χ1n) is 5.60. The zero-order valence-corrected chi connectivity index (χ0v) is 9.85. The largest absolute Gasteiger partial charge is 0.350 e. The van der Waals surface area contributed by atoms with Crippen molar-refractivity contribution < 1.29 is 0 Å². The Labute approximate surface area is 101 Å². The Hall–Kier alpha value is -1.94. The summed E-state index contributed by atoms with van der Waals surface area (Å²) in [6.07, 6.45) is 1.75. The quantitative estimate of drug-likeness (QED) is 0.838. The van der Waals surface area contributed by atoms with Crippen LogP contribution in [0.3, 0.4) is 0 Å². The molecule has 88 valence electrons. The Kier molecular flexibility index (Phi) is 3.67. The number of aromatic nitrogens is 2. The van der Waals surface area contributed by atoms with Crippen LogP contribution in [0.5, 0.6) is 0 Å². The van der Waals surface area contributed by atoms with E-state index in [1.165, 1.54) is 5.56 Å². The highest BCUT2D eigenvalue weighted by atomic mass is 15.1. The van der Waals surface area contributed by atoms with Crippen LogP contribution in [-0.4, -0.2) is 9.97 Å². The van der Waals surface area contributed by atoms with Crippen LogP contribution in [0.4, 0.5) is 5.95 Å². The Balaban J connectivity index is 2.07. The molecule has 0 unspecified atom stereocenters. The molecular weight excluding hydrogens is 212 g/mol. The van der Waals surface area contributed by atoms with Crippen molar-refractivity contribution in [3.63, 3.8) is 0 Å². The van der Waals surface area contributed by atoms with Crippen LogP contribution in [0.2, 0.25) is 0 Å². The van der Waals surface area contributed by atoms with Crippen LogP contribution in [-0.2, 0) is 13.1 Å². The second-order valence-electron chi connectivity index (χ2n) is 3.85. The summed E-state index contributed by atoms with van der Waals surface area (Å²) in [5.41, 5.74) is 8.96. The first-order valence-corrected chi connectivity index (χ1v) is 5.60. The van der Waals surface area contributed by atoms with E-state index in [0.717, 1.165) is 11.3 Å². The molecule has 17 heavy (non-hydrogen) atoms. The summed E-state index contributed by atoms with van der Waals surface area (Å²) in [4.78, 5) is 8.45. The van der Waals surface area contributed by atoms with E-state index in [1.54, 1.807) is 6.20 Å². The van der Waals surface area contributed by atoms with Crippen LogP contribution in [0.15, 0.2) is 36.5 Å². The van der Waals surface area contributed by atoms with E-state index in [9.17, 15) is 0 Å². The van der Waals surface area contributed by atoms with E-state index in [1.807, 2.05) is 31.2 Å². The third-order valence-corrected chi connectivity index (χ3v) is 2.57. The fraction of sp³-hybridized carbons (Fsp3) is 0.231. The smallest absolute Gasteiger partial charge is 0.223 e. The molecule has 0 atom stereocenters. The SMILES string of the molecule is Cc1ccnc(NCc2ccccc2CN)n1. The van der Waals surface area contributed by atoms with Gasteiger partial charge in [-0.3, -0.25) is 0 Å². The van der Waals surface area contributed by atoms with E-state index >= 15 is 0 Å². The van der Waals surface area contributed by atoms with Crippen molar-refractivity contribution in [3.8, 4) is 0 Å². The molecule has 4 heteroatoms. The van der Waals surface area contributed by atoms with Gasteiger partial charge in [-0.1, -0.05) is 24.3 Å². The number of anilines is 1. The zero-order chi connectivity index (χ0) is 12.1. The van der Waals surface area contributed by atoms with Crippen molar-refractivity contribution in [3.05, 3.63) is 53.3 Å². The van der Waals surface area contributed by atoms with Gasteiger partial charge in [-0.2, -0.15) is 0 Å². The van der Waals surface area contributed by atoms with Gasteiger partial charge in [0.2, 0.25) is 5.95 Å². The van der Waals surface area contributed by atoms with E-state index in [4.69, 9.17) is 5.73 Å². The van der Waals surface area contributed by atoms with Crippen molar-refractivity contribution in [2.45, 2.75) is 20.0 Å². The first kappa shape index (κ1) is 11.5. The molecule has 0 saturated heterocycles. The summed E-state index contributed by atoms with van der Waals surface area (Å²) in [5.74, 6) is 0.650. The molecule has 2 aromatic rings. The summed E-state index contributed by atoms with van der Waals surface area (Å²) in [6, 6.07) is 9.97. The first-order chi connectivity index (χ1) is 8.29. The highest BCUT2D eigenvalue weighted by Gasteiger charge is 2.01. The molecule has 0 amide bonds. The zero-order valence-electron chi connectivity index (χ0n) is 9.85. The fourth-order valence-electron chi connectivity index (χ4n) is 1.64. The molecule has 0 spiro atoms. The van der Waals surface area contributed by atoms with Crippen molar-refractivity contribution >= 4 is 5.95 Å². The second-order valence-corrected chi connectivity index (χ2v) is 3.85. The normalized spacial score (nSPS) is 10.2. The van der Waals surface area contributed by atoms with Crippen molar-refractivity contribution in [2.75, 3.05) is 5.32 Å². The van der Waals surface area contributed by atoms with Gasteiger partial charge in [-0.05, 0) is 24.1 Å². The van der Waals surface area contributed by atoms with Crippen LogP contribution in [0, 0.1) is 6.92 Å². The molecule has 0 bridgehead atoms. The highest BCUT2D eigenvalue weighted by molar-refractivity contribution is 5.32. The topological polar surface area (TPSA) is 63.8 Å². The molecule has 0 saturated carbocycles. The molecule has 2 rings (SSSR count). The number of nitrogens with zero attached hydrogens (tertiary/aromatic N) is 2. The van der Waals surface area contributed by atoms with Crippen LogP contribution in [0.25, 0.3) is 0 Å². The fourth-order valence-corrected chi connectivity index (χ4v) is 1.64. The molecule has 1 aromatic heterocycles. The minimum absolute atomic E-state index is 0.548. The molecule has 1 heterocycles. The molecule has 0 fully saturated rings. The molecule has 0 radical (unpaired) electrons. The van der Waals surface area contributed by atoms with Gasteiger partial charge in [0.25, 0.3) is 0 Å². The van der Waals surface area contributed by atoms with Gasteiger partial charge < -0.3 is 11.1 Å². The molecule has 1 aromatic carbocycles. The number of nitrogens with two attached hydrogens (primary N) is 1. The third-order valence-electron chi connectivity index (χ3n) is 2.57. The minimum Gasteiger partial charge on any atom is -0.350 e. The van der Waals surface area contributed by atoms with E-state index in [0.29, 0.717) is 19.0 Å². The molecule has 0 aliphatic rings. The summed E-state index contributed by atoms with van der Waals surface area (Å²) in [7, 11) is 0. The highest BCUT2D eigenvalue weighted by Crippen LogP contribution is 2.09. The average Bonchev–Trinajstić information content (AvgIpc) is 2.37. The van der Waals surface area contributed by atoms with Crippen molar-refractivity contribution in [1.29, 1.82) is 0 Å². The maximum atomic E-state index is 5.68. The summed E-state index contributed by atoms with van der Waals surface area (Å²) < 4.78 is 0. The van der Waals surface area contributed by atoms with Gasteiger partial charge in [-0.25, -0.2) is 9.97 Å². The Bertz CT molecular complexity index is 496. The van der Waals surface area contributed by atoms with Crippen LogP contribution < -0.4 is 11.1 Å².